The first-order valence-corrected chi connectivity index (χ1v) is 10.0. The number of aldehydes is 1. The Hall–Kier alpha value is -0.153. The molecule has 96 valence electrons. The van der Waals surface area contributed by atoms with Gasteiger partial charge in [-0.2, -0.15) is 0 Å². The standard InChI is InChI=1S/C13H28O2Si/c1-5-6-7-8-9-10-11-13(12-14)15-16(2,3)4/h12-13H,5-11H2,1-4H3. The van der Waals surface area contributed by atoms with Gasteiger partial charge in [0.25, 0.3) is 0 Å². The molecule has 0 saturated heterocycles. The third-order valence-corrected chi connectivity index (χ3v) is 3.51. The molecule has 1 atom stereocenters. The van der Waals surface area contributed by atoms with Gasteiger partial charge in [-0.1, -0.05) is 45.4 Å². The fourth-order valence-corrected chi connectivity index (χ4v) is 2.82. The molecule has 0 saturated carbocycles. The van der Waals surface area contributed by atoms with E-state index in [1.807, 2.05) is 0 Å². The number of carbonyl (C=O) groups is 1. The van der Waals surface area contributed by atoms with Gasteiger partial charge in [-0.25, -0.2) is 0 Å². The van der Waals surface area contributed by atoms with Gasteiger partial charge in [0.1, 0.15) is 12.4 Å². The minimum Gasteiger partial charge on any atom is -0.408 e. The molecule has 0 bridgehead atoms. The molecule has 0 amide bonds. The van der Waals surface area contributed by atoms with Crippen LogP contribution in [-0.2, 0) is 9.22 Å². The zero-order valence-corrected chi connectivity index (χ0v) is 12.4. The van der Waals surface area contributed by atoms with Crippen molar-refractivity contribution in [3.63, 3.8) is 0 Å². The lowest BCUT2D eigenvalue weighted by Gasteiger charge is -2.22. The summed E-state index contributed by atoms with van der Waals surface area (Å²) < 4.78 is 5.79. The SMILES string of the molecule is CCCCCCCCC(C=O)O[Si](C)(C)C. The van der Waals surface area contributed by atoms with Crippen molar-refractivity contribution in [2.24, 2.45) is 0 Å². The first-order valence-electron chi connectivity index (χ1n) is 6.62. The van der Waals surface area contributed by atoms with Crippen molar-refractivity contribution in [3.8, 4) is 0 Å². The van der Waals surface area contributed by atoms with Gasteiger partial charge in [0, 0.05) is 0 Å². The summed E-state index contributed by atoms with van der Waals surface area (Å²) in [5.74, 6) is 0. The first-order chi connectivity index (χ1) is 7.49. The maximum Gasteiger partial charge on any atom is 0.184 e. The van der Waals surface area contributed by atoms with Crippen LogP contribution in [0.5, 0.6) is 0 Å². The quantitative estimate of drug-likeness (QED) is 0.328. The highest BCUT2D eigenvalue weighted by Crippen LogP contribution is 2.13. The summed E-state index contributed by atoms with van der Waals surface area (Å²) in [6, 6.07) is 0. The molecular weight excluding hydrogens is 216 g/mol. The molecule has 0 aromatic heterocycles. The van der Waals surface area contributed by atoms with E-state index in [-0.39, 0.29) is 6.10 Å². The van der Waals surface area contributed by atoms with Crippen LogP contribution in [0.2, 0.25) is 19.6 Å². The van der Waals surface area contributed by atoms with Crippen molar-refractivity contribution in [3.05, 3.63) is 0 Å². The van der Waals surface area contributed by atoms with Gasteiger partial charge in [-0.05, 0) is 26.1 Å². The first kappa shape index (κ1) is 15.8. The van der Waals surface area contributed by atoms with E-state index >= 15 is 0 Å². The molecule has 0 aliphatic rings. The normalized spacial score (nSPS) is 13.8. The van der Waals surface area contributed by atoms with Gasteiger partial charge >= 0.3 is 0 Å². The summed E-state index contributed by atoms with van der Waals surface area (Å²) in [4.78, 5) is 10.8. The molecule has 0 aromatic rings. The lowest BCUT2D eigenvalue weighted by Crippen LogP contribution is -2.32. The number of unbranched alkanes of at least 4 members (excludes halogenated alkanes) is 5. The van der Waals surface area contributed by atoms with E-state index in [1.54, 1.807) is 0 Å². The second-order valence-electron chi connectivity index (χ2n) is 5.46. The fourth-order valence-electron chi connectivity index (χ4n) is 1.73. The molecular formula is C13H28O2Si. The van der Waals surface area contributed by atoms with E-state index in [0.717, 1.165) is 19.1 Å². The van der Waals surface area contributed by atoms with Crippen LogP contribution in [0.15, 0.2) is 0 Å². The Morgan fingerprint density at radius 1 is 1.06 bits per heavy atom. The Bertz CT molecular complexity index is 175. The Morgan fingerprint density at radius 3 is 2.12 bits per heavy atom. The molecule has 0 fully saturated rings. The Kier molecular flexibility index (Phi) is 8.85. The molecule has 0 aliphatic carbocycles. The van der Waals surface area contributed by atoms with Gasteiger partial charge in [0.15, 0.2) is 8.32 Å². The van der Waals surface area contributed by atoms with Crippen LogP contribution >= 0.6 is 0 Å². The van der Waals surface area contributed by atoms with Crippen molar-refractivity contribution in [1.29, 1.82) is 0 Å². The Morgan fingerprint density at radius 2 is 1.62 bits per heavy atom. The van der Waals surface area contributed by atoms with Crippen LogP contribution in [0.1, 0.15) is 51.9 Å². The van der Waals surface area contributed by atoms with E-state index in [0.29, 0.717) is 0 Å². The number of carbonyl (C=O) groups excluding carboxylic acids is 1. The Balaban J connectivity index is 3.52. The second-order valence-corrected chi connectivity index (χ2v) is 9.92. The van der Waals surface area contributed by atoms with Crippen LogP contribution < -0.4 is 0 Å². The van der Waals surface area contributed by atoms with Crippen molar-refractivity contribution < 1.29 is 9.22 Å². The molecule has 1 unspecified atom stereocenters. The lowest BCUT2D eigenvalue weighted by atomic mass is 10.1. The highest BCUT2D eigenvalue weighted by atomic mass is 28.4. The summed E-state index contributed by atoms with van der Waals surface area (Å²) in [6.07, 6.45) is 9.33. The molecule has 0 rings (SSSR count). The van der Waals surface area contributed by atoms with E-state index in [4.69, 9.17) is 4.43 Å². The minimum atomic E-state index is -1.55. The van der Waals surface area contributed by atoms with Crippen LogP contribution in [0, 0.1) is 0 Å². The third-order valence-electron chi connectivity index (χ3n) is 2.50. The van der Waals surface area contributed by atoms with Gasteiger partial charge < -0.3 is 9.22 Å². The summed E-state index contributed by atoms with van der Waals surface area (Å²) in [5.41, 5.74) is 0. The highest BCUT2D eigenvalue weighted by molar-refractivity contribution is 6.69. The van der Waals surface area contributed by atoms with Gasteiger partial charge in [0.05, 0.1) is 0 Å². The van der Waals surface area contributed by atoms with Crippen LogP contribution in [0.3, 0.4) is 0 Å². The van der Waals surface area contributed by atoms with Crippen molar-refractivity contribution in [1.82, 2.24) is 0 Å². The molecule has 0 radical (unpaired) electrons. The monoisotopic (exact) mass is 244 g/mol. The summed E-state index contributed by atoms with van der Waals surface area (Å²) in [6.45, 7) is 8.62. The van der Waals surface area contributed by atoms with Crippen molar-refractivity contribution >= 4 is 14.6 Å². The van der Waals surface area contributed by atoms with E-state index in [9.17, 15) is 4.79 Å². The maximum absolute atomic E-state index is 10.8. The number of rotatable bonds is 10. The number of hydrogen-bond donors (Lipinski definition) is 0. The average Bonchev–Trinajstić information content (AvgIpc) is 2.19. The van der Waals surface area contributed by atoms with Crippen LogP contribution in [-0.4, -0.2) is 20.7 Å². The zero-order valence-electron chi connectivity index (χ0n) is 11.4. The molecule has 3 heteroatoms. The van der Waals surface area contributed by atoms with Crippen LogP contribution in [0.4, 0.5) is 0 Å². The molecule has 0 heterocycles. The molecule has 16 heavy (non-hydrogen) atoms. The molecule has 0 spiro atoms. The second kappa shape index (κ2) is 8.94. The summed E-state index contributed by atoms with van der Waals surface area (Å²) in [7, 11) is -1.55. The predicted molar refractivity (Wildman–Crippen MR) is 72.3 cm³/mol. The van der Waals surface area contributed by atoms with Crippen LogP contribution in [0.25, 0.3) is 0 Å². The van der Waals surface area contributed by atoms with E-state index < -0.39 is 8.32 Å². The Labute approximate surface area is 102 Å². The number of hydrogen-bond acceptors (Lipinski definition) is 2. The van der Waals surface area contributed by atoms with Crippen molar-refractivity contribution in [2.45, 2.75) is 77.6 Å². The van der Waals surface area contributed by atoms with Gasteiger partial charge in [-0.15, -0.1) is 0 Å². The topological polar surface area (TPSA) is 26.3 Å². The molecule has 2 nitrogen and oxygen atoms in total. The smallest absolute Gasteiger partial charge is 0.184 e. The van der Waals surface area contributed by atoms with E-state index in [1.165, 1.54) is 32.1 Å². The third kappa shape index (κ3) is 10.4. The fraction of sp³-hybridized carbons (Fsp3) is 0.923. The maximum atomic E-state index is 10.8. The minimum absolute atomic E-state index is 0.155. The van der Waals surface area contributed by atoms with E-state index in [2.05, 4.69) is 26.6 Å². The molecule has 0 N–H and O–H groups in total. The van der Waals surface area contributed by atoms with Gasteiger partial charge in [0.2, 0.25) is 0 Å². The molecule has 0 aromatic carbocycles. The summed E-state index contributed by atoms with van der Waals surface area (Å²) in [5, 5.41) is 0. The molecule has 0 aliphatic heterocycles. The van der Waals surface area contributed by atoms with Crippen molar-refractivity contribution in [2.75, 3.05) is 0 Å². The van der Waals surface area contributed by atoms with Gasteiger partial charge in [-0.3, -0.25) is 0 Å². The largest absolute Gasteiger partial charge is 0.408 e. The zero-order chi connectivity index (χ0) is 12.4. The highest BCUT2D eigenvalue weighted by Gasteiger charge is 2.20. The summed E-state index contributed by atoms with van der Waals surface area (Å²) >= 11 is 0. The lowest BCUT2D eigenvalue weighted by molar-refractivity contribution is -0.114. The average molecular weight is 244 g/mol. The predicted octanol–water partition coefficient (Wildman–Crippen LogP) is 4.16.